The first-order valence-electron chi connectivity index (χ1n) is 11.7. The lowest BCUT2D eigenvalue weighted by Gasteiger charge is -2.33. The summed E-state index contributed by atoms with van der Waals surface area (Å²) >= 11 is 0. The van der Waals surface area contributed by atoms with Gasteiger partial charge in [0.25, 0.3) is 0 Å². The van der Waals surface area contributed by atoms with Crippen molar-refractivity contribution in [2.24, 2.45) is 5.92 Å². The van der Waals surface area contributed by atoms with Gasteiger partial charge in [-0.25, -0.2) is 12.7 Å². The fraction of sp³-hybridized carbons (Fsp3) is 0.583. The summed E-state index contributed by atoms with van der Waals surface area (Å²) in [5, 5.41) is 3.94. The Hall–Kier alpha value is -2.19. The van der Waals surface area contributed by atoms with E-state index in [0.29, 0.717) is 19.0 Å². The van der Waals surface area contributed by atoms with Gasteiger partial charge < -0.3 is 9.09 Å². The van der Waals surface area contributed by atoms with Crippen LogP contribution in [0.3, 0.4) is 0 Å². The van der Waals surface area contributed by atoms with Crippen molar-refractivity contribution in [1.82, 2.24) is 19.0 Å². The minimum Gasteiger partial charge on any atom is -0.361 e. The molecule has 32 heavy (non-hydrogen) atoms. The third-order valence-electron chi connectivity index (χ3n) is 7.33. The van der Waals surface area contributed by atoms with Crippen molar-refractivity contribution < 1.29 is 12.9 Å². The van der Waals surface area contributed by atoms with Gasteiger partial charge in [-0.15, -0.1) is 0 Å². The Bertz CT molecular complexity index is 1210. The number of pyridine rings is 1. The molecule has 4 heterocycles. The molecule has 1 saturated heterocycles. The van der Waals surface area contributed by atoms with Gasteiger partial charge in [0.05, 0.1) is 22.0 Å². The van der Waals surface area contributed by atoms with E-state index in [0.717, 1.165) is 84.2 Å². The molecular weight excluding hydrogens is 424 g/mol. The zero-order valence-corrected chi connectivity index (χ0v) is 20.0. The maximum absolute atomic E-state index is 12.9. The topological polar surface area (TPSA) is 81.2 Å². The summed E-state index contributed by atoms with van der Waals surface area (Å²) in [6, 6.07) is 2.18. The van der Waals surface area contributed by atoms with Gasteiger partial charge in [-0.05, 0) is 64.0 Å². The van der Waals surface area contributed by atoms with Gasteiger partial charge in [0.15, 0.2) is 0 Å². The fourth-order valence-electron chi connectivity index (χ4n) is 5.54. The molecule has 0 spiro atoms. The fourth-order valence-corrected chi connectivity index (χ4v) is 7.62. The number of fused-ring (bicyclic) bond motifs is 1. The molecule has 3 aromatic heterocycles. The minimum atomic E-state index is -3.13. The number of sulfonamides is 1. The van der Waals surface area contributed by atoms with Crippen LogP contribution in [0, 0.1) is 26.7 Å². The highest BCUT2D eigenvalue weighted by Crippen LogP contribution is 2.33. The molecule has 0 bridgehead atoms. The number of rotatable bonds is 5. The van der Waals surface area contributed by atoms with E-state index in [1.165, 1.54) is 0 Å². The van der Waals surface area contributed by atoms with Crippen molar-refractivity contribution in [1.29, 1.82) is 0 Å². The summed E-state index contributed by atoms with van der Waals surface area (Å²) in [5.41, 5.74) is 6.18. The zero-order valence-electron chi connectivity index (χ0n) is 19.2. The highest BCUT2D eigenvalue weighted by Gasteiger charge is 2.36. The Morgan fingerprint density at radius 1 is 1.09 bits per heavy atom. The van der Waals surface area contributed by atoms with Crippen molar-refractivity contribution in [3.8, 4) is 11.1 Å². The van der Waals surface area contributed by atoms with Crippen molar-refractivity contribution in [3.05, 3.63) is 35.5 Å². The third-order valence-corrected chi connectivity index (χ3v) is 9.73. The molecule has 0 N–H and O–H groups in total. The second-order valence-corrected chi connectivity index (χ2v) is 11.8. The van der Waals surface area contributed by atoms with Gasteiger partial charge in [-0.1, -0.05) is 18.0 Å². The van der Waals surface area contributed by atoms with E-state index in [9.17, 15) is 8.42 Å². The summed E-state index contributed by atoms with van der Waals surface area (Å²) in [6.07, 6.45) is 9.64. The lowest BCUT2D eigenvalue weighted by atomic mass is 9.98. The highest BCUT2D eigenvalue weighted by molar-refractivity contribution is 7.89. The normalized spacial score (nSPS) is 19.3. The first-order valence-corrected chi connectivity index (χ1v) is 13.2. The van der Waals surface area contributed by atoms with Crippen LogP contribution in [0.25, 0.3) is 22.2 Å². The first kappa shape index (κ1) is 21.6. The smallest absolute Gasteiger partial charge is 0.216 e. The molecule has 1 saturated carbocycles. The van der Waals surface area contributed by atoms with Crippen molar-refractivity contribution >= 4 is 21.1 Å². The maximum Gasteiger partial charge on any atom is 0.216 e. The van der Waals surface area contributed by atoms with Gasteiger partial charge in [-0.3, -0.25) is 4.98 Å². The number of piperidine rings is 1. The Morgan fingerprint density at radius 2 is 1.81 bits per heavy atom. The number of aryl methyl sites for hydroxylation is 3. The average Bonchev–Trinajstić information content (AvgIpc) is 3.50. The Kier molecular flexibility index (Phi) is 5.61. The maximum atomic E-state index is 12.9. The lowest BCUT2D eigenvalue weighted by molar-refractivity contribution is 0.253. The molecule has 5 rings (SSSR count). The Labute approximate surface area is 189 Å². The summed E-state index contributed by atoms with van der Waals surface area (Å²) in [6.45, 7) is 8.14. The largest absolute Gasteiger partial charge is 0.361 e. The van der Waals surface area contributed by atoms with Crippen LogP contribution < -0.4 is 0 Å². The predicted molar refractivity (Wildman–Crippen MR) is 125 cm³/mol. The Balaban J connectivity index is 1.34. The van der Waals surface area contributed by atoms with Crippen LogP contribution in [0.2, 0.25) is 0 Å². The first-order chi connectivity index (χ1) is 15.3. The van der Waals surface area contributed by atoms with Crippen LogP contribution in [-0.4, -0.2) is 45.8 Å². The van der Waals surface area contributed by atoms with Crippen LogP contribution in [-0.2, 0) is 16.6 Å². The SMILES string of the molecule is Cc1noc(C)c1-c1cnc2c(C)cn(CC3CCN(S(=O)(=O)C4CCCC4)CC3)c2c1. The molecular formula is C24H32N4O3S. The van der Waals surface area contributed by atoms with Crippen molar-refractivity contribution in [3.63, 3.8) is 0 Å². The van der Waals surface area contributed by atoms with Gasteiger partial charge in [0.2, 0.25) is 10.0 Å². The van der Waals surface area contributed by atoms with Crippen LogP contribution >= 0.6 is 0 Å². The quantitative estimate of drug-likeness (QED) is 0.560. The molecule has 172 valence electrons. The van der Waals surface area contributed by atoms with E-state index in [1.807, 2.05) is 20.0 Å². The van der Waals surface area contributed by atoms with Gasteiger partial charge in [-0.2, -0.15) is 0 Å². The molecule has 1 aliphatic heterocycles. The van der Waals surface area contributed by atoms with E-state index in [4.69, 9.17) is 9.51 Å². The molecule has 0 amide bonds. The summed E-state index contributed by atoms with van der Waals surface area (Å²) in [4.78, 5) is 4.74. The van der Waals surface area contributed by atoms with Crippen molar-refractivity contribution in [2.45, 2.75) is 71.1 Å². The van der Waals surface area contributed by atoms with E-state index >= 15 is 0 Å². The third kappa shape index (κ3) is 3.77. The number of hydrogen-bond donors (Lipinski definition) is 0. The summed E-state index contributed by atoms with van der Waals surface area (Å²) < 4.78 is 35.3. The molecule has 3 aromatic rings. The highest BCUT2D eigenvalue weighted by atomic mass is 32.2. The second kappa shape index (κ2) is 8.30. The lowest BCUT2D eigenvalue weighted by Crippen LogP contribution is -2.43. The van der Waals surface area contributed by atoms with Crippen LogP contribution in [0.1, 0.15) is 55.5 Å². The molecule has 2 aliphatic rings. The zero-order chi connectivity index (χ0) is 22.5. The van der Waals surface area contributed by atoms with E-state index in [-0.39, 0.29) is 5.25 Å². The number of aromatic nitrogens is 3. The summed E-state index contributed by atoms with van der Waals surface area (Å²) in [5.74, 6) is 1.26. The molecule has 0 radical (unpaired) electrons. The molecule has 1 aliphatic carbocycles. The van der Waals surface area contributed by atoms with E-state index in [2.05, 4.69) is 28.9 Å². The second-order valence-electron chi connectivity index (χ2n) is 9.55. The number of hydrogen-bond acceptors (Lipinski definition) is 5. The van der Waals surface area contributed by atoms with Crippen LogP contribution in [0.4, 0.5) is 0 Å². The van der Waals surface area contributed by atoms with Gasteiger partial charge in [0, 0.05) is 43.2 Å². The number of nitrogens with zero attached hydrogens (tertiary/aromatic N) is 4. The van der Waals surface area contributed by atoms with E-state index < -0.39 is 10.0 Å². The Morgan fingerprint density at radius 3 is 2.47 bits per heavy atom. The monoisotopic (exact) mass is 456 g/mol. The van der Waals surface area contributed by atoms with E-state index in [1.54, 1.807) is 4.31 Å². The average molecular weight is 457 g/mol. The molecule has 8 heteroatoms. The summed E-state index contributed by atoms with van der Waals surface area (Å²) in [7, 11) is -3.13. The molecule has 0 atom stereocenters. The minimum absolute atomic E-state index is 0.149. The molecule has 2 fully saturated rings. The van der Waals surface area contributed by atoms with Crippen LogP contribution in [0.15, 0.2) is 23.0 Å². The molecule has 7 nitrogen and oxygen atoms in total. The van der Waals surface area contributed by atoms with Gasteiger partial charge >= 0.3 is 0 Å². The standard InChI is InChI=1S/C24H32N4O3S/c1-16-14-27(22-12-20(13-25-24(16)22)23-17(2)26-31-18(23)3)15-19-8-10-28(11-9-19)32(29,30)21-6-4-5-7-21/h12-14,19,21H,4-11,15H2,1-3H3. The predicted octanol–water partition coefficient (Wildman–Crippen LogP) is 4.60. The van der Waals surface area contributed by atoms with Crippen molar-refractivity contribution in [2.75, 3.05) is 13.1 Å². The molecule has 0 unspecified atom stereocenters. The van der Waals surface area contributed by atoms with Gasteiger partial charge in [0.1, 0.15) is 5.76 Å². The van der Waals surface area contributed by atoms with Crippen LogP contribution in [0.5, 0.6) is 0 Å². The molecule has 0 aromatic carbocycles.